The van der Waals surface area contributed by atoms with Crippen molar-refractivity contribution in [3.8, 4) is 0 Å². The lowest BCUT2D eigenvalue weighted by atomic mass is 10.1. The highest BCUT2D eigenvalue weighted by molar-refractivity contribution is 6.05. The van der Waals surface area contributed by atoms with Crippen molar-refractivity contribution in [1.82, 2.24) is 19.9 Å². The zero-order valence-corrected chi connectivity index (χ0v) is 14.0. The largest absolute Gasteiger partial charge is 0.372 e. The van der Waals surface area contributed by atoms with E-state index in [2.05, 4.69) is 20.3 Å². The molecule has 1 aliphatic rings. The maximum atomic E-state index is 13.2. The van der Waals surface area contributed by atoms with Gasteiger partial charge in [-0.3, -0.25) is 14.8 Å². The van der Waals surface area contributed by atoms with Gasteiger partial charge in [-0.05, 0) is 25.0 Å². The summed E-state index contributed by atoms with van der Waals surface area (Å²) in [6.07, 6.45) is 7.01. The molecule has 0 spiro atoms. The Kier molecular flexibility index (Phi) is 4.01. The van der Waals surface area contributed by atoms with Gasteiger partial charge in [0.05, 0.1) is 35.2 Å². The van der Waals surface area contributed by atoms with Gasteiger partial charge < -0.3 is 10.2 Å². The van der Waals surface area contributed by atoms with E-state index < -0.39 is 0 Å². The lowest BCUT2D eigenvalue weighted by Crippen LogP contribution is -2.31. The van der Waals surface area contributed by atoms with Gasteiger partial charge >= 0.3 is 0 Å². The Bertz CT molecular complexity index is 921. The van der Waals surface area contributed by atoms with Crippen LogP contribution < -0.4 is 5.32 Å². The number of para-hydroxylation sites is 1. The van der Waals surface area contributed by atoms with E-state index >= 15 is 0 Å². The molecular weight excluding hydrogens is 314 g/mol. The highest BCUT2D eigenvalue weighted by atomic mass is 16.2. The number of likely N-dealkylation sites (tertiary alicyclic amines) is 1. The highest BCUT2D eigenvalue weighted by Crippen LogP contribution is 2.33. The Hall–Kier alpha value is -3.02. The minimum Gasteiger partial charge on any atom is -0.372 e. The molecule has 0 radical (unpaired) electrons. The number of benzene rings is 1. The smallest absolute Gasteiger partial charge is 0.256 e. The van der Waals surface area contributed by atoms with Gasteiger partial charge in [0, 0.05) is 25.2 Å². The van der Waals surface area contributed by atoms with Gasteiger partial charge in [0.1, 0.15) is 5.82 Å². The van der Waals surface area contributed by atoms with E-state index in [-0.39, 0.29) is 11.9 Å². The average Bonchev–Trinajstić information content (AvgIpc) is 3.17. The van der Waals surface area contributed by atoms with E-state index in [1.54, 1.807) is 18.6 Å². The van der Waals surface area contributed by atoms with E-state index in [4.69, 9.17) is 0 Å². The van der Waals surface area contributed by atoms with Crippen molar-refractivity contribution in [2.45, 2.75) is 18.9 Å². The molecule has 3 heterocycles. The number of rotatable bonds is 3. The van der Waals surface area contributed by atoms with Gasteiger partial charge in [0.2, 0.25) is 0 Å². The fraction of sp³-hybridized carbons (Fsp3) is 0.263. The van der Waals surface area contributed by atoms with Gasteiger partial charge in [0.15, 0.2) is 0 Å². The number of aromatic nitrogens is 3. The number of carbonyl (C=O) groups excluding carboxylic acids is 1. The highest BCUT2D eigenvalue weighted by Gasteiger charge is 2.32. The molecule has 1 aliphatic heterocycles. The van der Waals surface area contributed by atoms with E-state index in [0.717, 1.165) is 36.0 Å². The molecule has 6 heteroatoms. The van der Waals surface area contributed by atoms with Crippen molar-refractivity contribution < 1.29 is 4.79 Å². The van der Waals surface area contributed by atoms with Crippen LogP contribution in [0.2, 0.25) is 0 Å². The van der Waals surface area contributed by atoms with Crippen LogP contribution in [0.25, 0.3) is 10.9 Å². The van der Waals surface area contributed by atoms with Gasteiger partial charge in [-0.1, -0.05) is 18.2 Å². The average molecular weight is 333 g/mol. The number of hydrogen-bond acceptors (Lipinski definition) is 5. The summed E-state index contributed by atoms with van der Waals surface area (Å²) in [7, 11) is 1.81. The maximum absolute atomic E-state index is 13.2. The molecule has 0 bridgehead atoms. The Morgan fingerprint density at radius 2 is 2.12 bits per heavy atom. The van der Waals surface area contributed by atoms with Gasteiger partial charge in [-0.25, -0.2) is 4.98 Å². The number of hydrogen-bond donors (Lipinski definition) is 1. The van der Waals surface area contributed by atoms with Crippen molar-refractivity contribution in [2.75, 3.05) is 18.9 Å². The molecular formula is C19H19N5O. The summed E-state index contributed by atoms with van der Waals surface area (Å²) in [6.45, 7) is 0.720. The van der Waals surface area contributed by atoms with Crippen LogP contribution in [-0.2, 0) is 0 Å². The molecule has 2 aromatic heterocycles. The number of anilines is 1. The Labute approximate surface area is 145 Å². The van der Waals surface area contributed by atoms with Gasteiger partial charge in [-0.15, -0.1) is 0 Å². The predicted molar refractivity (Wildman–Crippen MR) is 96.3 cm³/mol. The van der Waals surface area contributed by atoms with Crippen LogP contribution in [0.15, 0.2) is 48.9 Å². The lowest BCUT2D eigenvalue weighted by Gasteiger charge is -2.24. The molecule has 4 rings (SSSR count). The Morgan fingerprint density at radius 1 is 1.24 bits per heavy atom. The third kappa shape index (κ3) is 2.80. The first-order chi connectivity index (χ1) is 12.3. The Morgan fingerprint density at radius 3 is 3.00 bits per heavy atom. The molecule has 6 nitrogen and oxygen atoms in total. The van der Waals surface area contributed by atoms with Crippen molar-refractivity contribution >= 4 is 22.6 Å². The molecule has 1 N–H and O–H groups in total. The van der Waals surface area contributed by atoms with Crippen LogP contribution in [0.1, 0.15) is 34.9 Å². The fourth-order valence-corrected chi connectivity index (χ4v) is 3.41. The van der Waals surface area contributed by atoms with Crippen LogP contribution in [0.5, 0.6) is 0 Å². The molecule has 1 aromatic carbocycles. The zero-order chi connectivity index (χ0) is 17.2. The summed E-state index contributed by atoms with van der Waals surface area (Å²) >= 11 is 0. The molecule has 1 atom stereocenters. The summed E-state index contributed by atoms with van der Waals surface area (Å²) in [6, 6.07) is 9.54. The van der Waals surface area contributed by atoms with Gasteiger partial charge in [0.25, 0.3) is 5.91 Å². The third-order valence-corrected chi connectivity index (χ3v) is 4.63. The van der Waals surface area contributed by atoms with E-state index in [1.165, 1.54) is 0 Å². The van der Waals surface area contributed by atoms with Gasteiger partial charge in [-0.2, -0.15) is 0 Å². The lowest BCUT2D eigenvalue weighted by molar-refractivity contribution is 0.0734. The quantitative estimate of drug-likeness (QED) is 0.798. The first-order valence-electron chi connectivity index (χ1n) is 8.42. The molecule has 1 fully saturated rings. The van der Waals surface area contributed by atoms with Crippen LogP contribution in [0.4, 0.5) is 5.82 Å². The minimum absolute atomic E-state index is 0.00320. The fourth-order valence-electron chi connectivity index (χ4n) is 3.41. The number of nitrogens with one attached hydrogen (secondary N) is 1. The monoisotopic (exact) mass is 333 g/mol. The van der Waals surface area contributed by atoms with Crippen LogP contribution in [0.3, 0.4) is 0 Å². The number of pyridine rings is 1. The normalized spacial score (nSPS) is 17.0. The molecule has 0 aliphatic carbocycles. The summed E-state index contributed by atoms with van der Waals surface area (Å²) in [4.78, 5) is 28.4. The van der Waals surface area contributed by atoms with Crippen molar-refractivity contribution in [3.63, 3.8) is 0 Å². The Balaban J connectivity index is 1.71. The zero-order valence-electron chi connectivity index (χ0n) is 14.0. The molecule has 126 valence electrons. The summed E-state index contributed by atoms with van der Waals surface area (Å²) in [5, 5.41) is 3.98. The van der Waals surface area contributed by atoms with Crippen molar-refractivity contribution in [2.24, 2.45) is 0 Å². The second kappa shape index (κ2) is 6.47. The van der Waals surface area contributed by atoms with E-state index in [9.17, 15) is 4.79 Å². The number of carbonyl (C=O) groups is 1. The number of nitrogens with zero attached hydrogens (tertiary/aromatic N) is 4. The predicted octanol–water partition coefficient (Wildman–Crippen LogP) is 3.04. The summed E-state index contributed by atoms with van der Waals surface area (Å²) in [5.41, 5.74) is 2.21. The first-order valence-corrected chi connectivity index (χ1v) is 8.42. The minimum atomic E-state index is -0.0488. The third-order valence-electron chi connectivity index (χ3n) is 4.63. The number of amides is 1. The molecule has 1 unspecified atom stereocenters. The second-order valence-electron chi connectivity index (χ2n) is 6.12. The van der Waals surface area contributed by atoms with Crippen molar-refractivity contribution in [1.29, 1.82) is 0 Å². The van der Waals surface area contributed by atoms with Crippen LogP contribution in [-0.4, -0.2) is 39.4 Å². The van der Waals surface area contributed by atoms with E-state index in [1.807, 2.05) is 42.3 Å². The topological polar surface area (TPSA) is 71.0 Å². The maximum Gasteiger partial charge on any atom is 0.256 e. The molecule has 25 heavy (non-hydrogen) atoms. The molecule has 1 amide bonds. The first kappa shape index (κ1) is 15.5. The summed E-state index contributed by atoms with van der Waals surface area (Å²) < 4.78 is 0. The standard InChI is InChI=1S/C19H19N5O/c1-20-17-12-21-11-15(23-17)16-8-4-10-24(16)19(25)14-7-2-5-13-6-3-9-22-18(13)14/h2-3,5-7,9,11-12,16H,4,8,10H2,1H3,(H,20,23). The number of fused-ring (bicyclic) bond motifs is 1. The SMILES string of the molecule is CNc1cncc(C2CCCN2C(=O)c2cccc3cccnc23)n1. The molecule has 0 saturated carbocycles. The van der Waals surface area contributed by atoms with E-state index in [0.29, 0.717) is 11.4 Å². The van der Waals surface area contributed by atoms with Crippen molar-refractivity contribution in [3.05, 3.63) is 60.2 Å². The van der Waals surface area contributed by atoms with Crippen LogP contribution >= 0.6 is 0 Å². The molecule has 3 aromatic rings. The summed E-state index contributed by atoms with van der Waals surface area (Å²) in [5.74, 6) is 0.715. The second-order valence-corrected chi connectivity index (χ2v) is 6.12. The van der Waals surface area contributed by atoms with Crippen LogP contribution in [0, 0.1) is 0 Å². The molecule has 1 saturated heterocycles.